The fraction of sp³-hybridized carbons (Fsp3) is 0.292. The number of hydrogen-bond donors (Lipinski definition) is 0. The van der Waals surface area contributed by atoms with Crippen molar-refractivity contribution >= 4 is 44.8 Å². The Morgan fingerprint density at radius 1 is 1.22 bits per heavy atom. The number of nitrogens with zero attached hydrogens (tertiary/aromatic N) is 4. The maximum absolute atomic E-state index is 14.8. The molecular weight excluding hydrogens is 514 g/mol. The van der Waals surface area contributed by atoms with Crippen molar-refractivity contribution in [2.45, 2.75) is 17.9 Å². The van der Waals surface area contributed by atoms with Crippen molar-refractivity contribution in [3.63, 3.8) is 0 Å². The lowest BCUT2D eigenvalue weighted by Gasteiger charge is -2.44. The van der Waals surface area contributed by atoms with Crippen LogP contribution in [0.4, 0.5) is 14.5 Å². The number of carbonyl (C=O) groups excluding carboxylic acids is 2. The largest absolute Gasteiger partial charge is 0.350 e. The Hall–Kier alpha value is -3.31. The summed E-state index contributed by atoms with van der Waals surface area (Å²) in [5.41, 5.74) is 0.0860. The minimum atomic E-state index is -4.22. The Morgan fingerprint density at radius 2 is 1.97 bits per heavy atom. The Labute approximate surface area is 211 Å². The van der Waals surface area contributed by atoms with Crippen molar-refractivity contribution in [1.82, 2.24) is 9.80 Å². The molecule has 0 spiro atoms. The van der Waals surface area contributed by atoms with Crippen molar-refractivity contribution in [3.05, 3.63) is 59.1 Å². The van der Waals surface area contributed by atoms with E-state index in [9.17, 15) is 26.8 Å². The van der Waals surface area contributed by atoms with Gasteiger partial charge in [0.05, 0.1) is 10.7 Å². The number of amidine groups is 1. The number of hydrogen-bond acceptors (Lipinski definition) is 6. The molecule has 0 aromatic heterocycles. The molecule has 1 fully saturated rings. The first-order chi connectivity index (χ1) is 17.0. The Morgan fingerprint density at radius 3 is 2.64 bits per heavy atom. The molecule has 1 atom stereocenters. The molecule has 0 aliphatic carbocycles. The molecule has 12 heteroatoms. The third kappa shape index (κ3) is 3.77. The van der Waals surface area contributed by atoms with Gasteiger partial charge in [-0.15, -0.1) is 0 Å². The summed E-state index contributed by atoms with van der Waals surface area (Å²) in [6.07, 6.45) is 1.25. The van der Waals surface area contributed by atoms with Gasteiger partial charge < -0.3 is 9.80 Å². The van der Waals surface area contributed by atoms with E-state index < -0.39 is 33.1 Å². The molecule has 0 saturated carbocycles. The average Bonchev–Trinajstić information content (AvgIpc) is 2.81. The zero-order valence-electron chi connectivity index (χ0n) is 19.2. The van der Waals surface area contributed by atoms with E-state index in [-0.39, 0.29) is 45.4 Å². The van der Waals surface area contributed by atoms with Crippen molar-refractivity contribution in [3.8, 4) is 11.1 Å². The standard InChI is InChI=1S/C24H21ClF2N4O4S/c1-3-19(32)29-6-7-30(13(2)10-29)24-16-9-17(25)21(15-5-4-14(26)8-18(15)27)23-22(16)31(12-28-24)20(33)11-36(23,34)35/h3-5,8-9,13H,1,6-7,10-12H2,2H3/t13-/m0/s1. The molecule has 5 rings (SSSR count). The second kappa shape index (κ2) is 8.67. The average molecular weight is 535 g/mol. The van der Waals surface area contributed by atoms with Gasteiger partial charge in [-0.1, -0.05) is 18.2 Å². The molecule has 0 unspecified atom stereocenters. The molecule has 2 aromatic rings. The van der Waals surface area contributed by atoms with Crippen LogP contribution in [0.25, 0.3) is 11.1 Å². The van der Waals surface area contributed by atoms with Crippen LogP contribution < -0.4 is 4.90 Å². The third-order valence-corrected chi connectivity index (χ3v) is 8.54. The zero-order chi connectivity index (χ0) is 25.9. The highest BCUT2D eigenvalue weighted by Crippen LogP contribution is 2.47. The van der Waals surface area contributed by atoms with Crippen molar-refractivity contribution in [2.75, 3.05) is 37.0 Å². The maximum atomic E-state index is 14.8. The highest BCUT2D eigenvalue weighted by molar-refractivity contribution is 7.92. The van der Waals surface area contributed by atoms with Gasteiger partial charge in [0.25, 0.3) is 0 Å². The van der Waals surface area contributed by atoms with E-state index in [0.717, 1.165) is 12.1 Å². The summed E-state index contributed by atoms with van der Waals surface area (Å²) < 4.78 is 55.1. The van der Waals surface area contributed by atoms with Gasteiger partial charge in [0, 0.05) is 48.4 Å². The van der Waals surface area contributed by atoms with Gasteiger partial charge in [-0.25, -0.2) is 22.2 Å². The van der Waals surface area contributed by atoms with Crippen molar-refractivity contribution in [2.24, 2.45) is 4.99 Å². The molecule has 3 aliphatic heterocycles. The quantitative estimate of drug-likeness (QED) is 0.553. The van der Waals surface area contributed by atoms with E-state index in [1.807, 2.05) is 11.8 Å². The molecule has 3 aliphatic rings. The summed E-state index contributed by atoms with van der Waals surface area (Å²) in [6.45, 7) is 6.48. The first kappa shape index (κ1) is 24.4. The fourth-order valence-corrected chi connectivity index (χ4v) is 6.99. The SMILES string of the molecule is C=CC(=O)N1CCN(C2=NCN3C(=O)CS(=O)(=O)c4c(-c5ccc(F)cc5F)c(Cl)cc2c43)[C@@H](C)C1. The first-order valence-corrected chi connectivity index (χ1v) is 13.1. The molecule has 3 heterocycles. The number of amides is 2. The van der Waals surface area contributed by atoms with Crippen LogP contribution in [0.2, 0.25) is 5.02 Å². The number of carbonyl (C=O) groups is 2. The zero-order valence-corrected chi connectivity index (χ0v) is 20.7. The molecule has 0 bridgehead atoms. The predicted octanol–water partition coefficient (Wildman–Crippen LogP) is 2.84. The summed E-state index contributed by atoms with van der Waals surface area (Å²) >= 11 is 6.59. The normalized spacial score (nSPS) is 20.7. The number of halogens is 3. The van der Waals surface area contributed by atoms with E-state index in [1.165, 1.54) is 17.0 Å². The molecule has 8 nitrogen and oxygen atoms in total. The van der Waals surface area contributed by atoms with Crippen LogP contribution in [0.5, 0.6) is 0 Å². The summed E-state index contributed by atoms with van der Waals surface area (Å²) in [6, 6.07) is 4.06. The van der Waals surface area contributed by atoms with Crippen molar-refractivity contribution in [1.29, 1.82) is 0 Å². The summed E-state index contributed by atoms with van der Waals surface area (Å²) in [5.74, 6) is -3.04. The number of aliphatic imine (C=N–C) groups is 1. The minimum Gasteiger partial charge on any atom is -0.350 e. The third-order valence-electron chi connectivity index (χ3n) is 6.59. The Bertz CT molecular complexity index is 1480. The van der Waals surface area contributed by atoms with Crippen LogP contribution in [0.3, 0.4) is 0 Å². The van der Waals surface area contributed by atoms with Gasteiger partial charge in [0.1, 0.15) is 34.8 Å². The topological polar surface area (TPSA) is 90.4 Å². The second-order valence-electron chi connectivity index (χ2n) is 8.82. The van der Waals surface area contributed by atoms with Crippen LogP contribution in [-0.2, 0) is 19.4 Å². The van der Waals surface area contributed by atoms with Crippen LogP contribution in [0.1, 0.15) is 12.5 Å². The molecule has 0 radical (unpaired) electrons. The highest BCUT2D eigenvalue weighted by Gasteiger charge is 2.44. The van der Waals surface area contributed by atoms with Gasteiger partial charge in [0.2, 0.25) is 11.8 Å². The number of benzene rings is 2. The maximum Gasteiger partial charge on any atom is 0.246 e. The molecule has 36 heavy (non-hydrogen) atoms. The molecule has 188 valence electrons. The van der Waals surface area contributed by atoms with Gasteiger partial charge in [0.15, 0.2) is 9.84 Å². The van der Waals surface area contributed by atoms with Gasteiger partial charge in [-0.2, -0.15) is 0 Å². The molecule has 0 N–H and O–H groups in total. The number of sulfone groups is 1. The summed E-state index contributed by atoms with van der Waals surface area (Å²) in [5, 5.41) is -0.0742. The molecular formula is C24H21ClF2N4O4S. The van der Waals surface area contributed by atoms with Crippen LogP contribution in [-0.4, -0.2) is 74.0 Å². The van der Waals surface area contributed by atoms with E-state index in [2.05, 4.69) is 11.6 Å². The number of rotatable bonds is 2. The molecule has 2 aromatic carbocycles. The lowest BCUT2D eigenvalue weighted by Crippen LogP contribution is -2.56. The molecule has 2 amide bonds. The lowest BCUT2D eigenvalue weighted by molar-refractivity contribution is -0.128. The Balaban J connectivity index is 1.70. The fourth-order valence-electron chi connectivity index (χ4n) is 4.96. The molecule has 1 saturated heterocycles. The smallest absolute Gasteiger partial charge is 0.246 e. The summed E-state index contributed by atoms with van der Waals surface area (Å²) in [4.78, 5) is 34.0. The van der Waals surface area contributed by atoms with E-state index >= 15 is 0 Å². The van der Waals surface area contributed by atoms with Crippen LogP contribution in [0, 0.1) is 11.6 Å². The monoisotopic (exact) mass is 534 g/mol. The predicted molar refractivity (Wildman–Crippen MR) is 131 cm³/mol. The second-order valence-corrected chi connectivity index (χ2v) is 11.2. The van der Waals surface area contributed by atoms with Crippen LogP contribution in [0.15, 0.2) is 46.8 Å². The number of anilines is 1. The highest BCUT2D eigenvalue weighted by atomic mass is 35.5. The first-order valence-electron chi connectivity index (χ1n) is 11.1. The number of piperazine rings is 1. The lowest BCUT2D eigenvalue weighted by atomic mass is 9.98. The van der Waals surface area contributed by atoms with Gasteiger partial charge >= 0.3 is 0 Å². The summed E-state index contributed by atoms with van der Waals surface area (Å²) in [7, 11) is -4.22. The van der Waals surface area contributed by atoms with Gasteiger partial charge in [-0.3, -0.25) is 14.5 Å². The van der Waals surface area contributed by atoms with Gasteiger partial charge in [-0.05, 0) is 31.2 Å². The van der Waals surface area contributed by atoms with E-state index in [1.54, 1.807) is 4.90 Å². The van der Waals surface area contributed by atoms with E-state index in [0.29, 0.717) is 37.1 Å². The van der Waals surface area contributed by atoms with Crippen LogP contribution >= 0.6 is 11.6 Å². The van der Waals surface area contributed by atoms with E-state index in [4.69, 9.17) is 11.6 Å². The minimum absolute atomic E-state index is 0.0742. The Kier molecular flexibility index (Phi) is 5.87. The van der Waals surface area contributed by atoms with Crippen molar-refractivity contribution < 1.29 is 26.8 Å².